The summed E-state index contributed by atoms with van der Waals surface area (Å²) in [6.07, 6.45) is 3.77. The molecule has 2 aliphatic heterocycles. The largest absolute Gasteiger partial charge is 0.470 e. The molecule has 160 valence electrons. The molecular formula is C25H29N5O. The molecule has 2 aliphatic rings. The second kappa shape index (κ2) is 8.19. The molecule has 1 aromatic heterocycles. The second-order valence-corrected chi connectivity index (χ2v) is 8.74. The molecule has 0 saturated carbocycles. The molecule has 6 heteroatoms. The lowest BCUT2D eigenvalue weighted by Crippen LogP contribution is -2.36. The number of rotatable bonds is 4. The molecule has 3 heterocycles. The van der Waals surface area contributed by atoms with Crippen LogP contribution in [0.5, 0.6) is 5.88 Å². The highest BCUT2D eigenvalue weighted by Gasteiger charge is 2.43. The van der Waals surface area contributed by atoms with Gasteiger partial charge in [0.05, 0.1) is 5.56 Å². The fourth-order valence-electron chi connectivity index (χ4n) is 5.03. The zero-order valence-electron chi connectivity index (χ0n) is 17.7. The molecule has 4 N–H and O–H groups in total. The van der Waals surface area contributed by atoms with Gasteiger partial charge in [-0.05, 0) is 30.5 Å². The van der Waals surface area contributed by atoms with Crippen LogP contribution in [0.25, 0.3) is 0 Å². The van der Waals surface area contributed by atoms with Crippen molar-refractivity contribution in [3.05, 3.63) is 77.4 Å². The summed E-state index contributed by atoms with van der Waals surface area (Å²) in [5.41, 5.74) is 15.3. The average Bonchev–Trinajstić information content (AvgIpc) is 3.03. The highest BCUT2D eigenvalue weighted by Crippen LogP contribution is 2.42. The molecule has 0 radical (unpaired) electrons. The third-order valence-electron chi connectivity index (χ3n) is 6.67. The summed E-state index contributed by atoms with van der Waals surface area (Å²) in [6, 6.07) is 21.6. The first kappa shape index (κ1) is 19.8. The van der Waals surface area contributed by atoms with Gasteiger partial charge in [-0.3, -0.25) is 0 Å². The number of likely N-dealkylation sites (tertiary alicyclic amines) is 1. The maximum Gasteiger partial charge on any atom is 0.225 e. The van der Waals surface area contributed by atoms with Crippen LogP contribution in [0.2, 0.25) is 0 Å². The molecule has 31 heavy (non-hydrogen) atoms. The maximum atomic E-state index is 6.36. The number of nitrogen functional groups attached to an aromatic ring is 2. The summed E-state index contributed by atoms with van der Waals surface area (Å²) in [4.78, 5) is 11.0. The molecule has 1 spiro atoms. The van der Waals surface area contributed by atoms with E-state index in [-0.39, 0.29) is 11.5 Å². The van der Waals surface area contributed by atoms with Crippen molar-refractivity contribution in [1.29, 1.82) is 0 Å². The number of anilines is 2. The van der Waals surface area contributed by atoms with E-state index < -0.39 is 0 Å². The van der Waals surface area contributed by atoms with Gasteiger partial charge in [-0.25, -0.2) is 0 Å². The van der Waals surface area contributed by atoms with E-state index in [4.69, 9.17) is 16.2 Å². The molecule has 3 aromatic rings. The van der Waals surface area contributed by atoms with Crippen LogP contribution in [-0.4, -0.2) is 40.1 Å². The van der Waals surface area contributed by atoms with Gasteiger partial charge in [-0.15, -0.1) is 0 Å². The van der Waals surface area contributed by atoms with Gasteiger partial charge in [0.25, 0.3) is 0 Å². The quantitative estimate of drug-likeness (QED) is 0.676. The van der Waals surface area contributed by atoms with Gasteiger partial charge in [0.1, 0.15) is 11.4 Å². The molecule has 1 atom stereocenters. The van der Waals surface area contributed by atoms with Crippen LogP contribution in [0.4, 0.5) is 11.8 Å². The van der Waals surface area contributed by atoms with Gasteiger partial charge in [-0.1, -0.05) is 60.7 Å². The minimum atomic E-state index is -0.247. The van der Waals surface area contributed by atoms with Crippen molar-refractivity contribution in [2.45, 2.75) is 37.2 Å². The van der Waals surface area contributed by atoms with Gasteiger partial charge in [0.15, 0.2) is 0 Å². The van der Waals surface area contributed by atoms with Gasteiger partial charge >= 0.3 is 0 Å². The van der Waals surface area contributed by atoms with Gasteiger partial charge in [0.2, 0.25) is 11.8 Å². The minimum Gasteiger partial charge on any atom is -0.470 e. The second-order valence-electron chi connectivity index (χ2n) is 8.74. The molecule has 2 aromatic carbocycles. The predicted octanol–water partition coefficient (Wildman–Crippen LogP) is 3.63. The Labute approximate surface area is 183 Å². The van der Waals surface area contributed by atoms with Crippen LogP contribution >= 0.6 is 0 Å². The van der Waals surface area contributed by atoms with Crippen LogP contribution < -0.4 is 16.2 Å². The van der Waals surface area contributed by atoms with Crippen LogP contribution in [0, 0.1) is 0 Å². The van der Waals surface area contributed by atoms with E-state index in [1.54, 1.807) is 0 Å². The molecule has 0 amide bonds. The first-order valence-corrected chi connectivity index (χ1v) is 11.0. The van der Waals surface area contributed by atoms with Crippen LogP contribution in [0.3, 0.4) is 0 Å². The summed E-state index contributed by atoms with van der Waals surface area (Å²) in [5, 5.41) is 0. The topological polar surface area (TPSA) is 90.3 Å². The Hall–Kier alpha value is -3.12. The minimum absolute atomic E-state index is 0.178. The van der Waals surface area contributed by atoms with E-state index in [9.17, 15) is 0 Å². The van der Waals surface area contributed by atoms with Crippen molar-refractivity contribution >= 4 is 11.8 Å². The Morgan fingerprint density at radius 1 is 0.903 bits per heavy atom. The summed E-state index contributed by atoms with van der Waals surface area (Å²) in [7, 11) is 0. The molecule has 1 fully saturated rings. The fraction of sp³-hybridized carbons (Fsp3) is 0.360. The summed E-state index contributed by atoms with van der Waals surface area (Å²) in [5.74, 6) is 1.55. The van der Waals surface area contributed by atoms with Gasteiger partial charge in [0, 0.05) is 31.8 Å². The van der Waals surface area contributed by atoms with E-state index in [1.165, 1.54) is 11.1 Å². The number of fused-ring (bicyclic) bond motifs is 1. The highest BCUT2D eigenvalue weighted by molar-refractivity contribution is 5.52. The number of aromatic nitrogens is 2. The summed E-state index contributed by atoms with van der Waals surface area (Å²) < 4.78 is 6.36. The summed E-state index contributed by atoms with van der Waals surface area (Å²) in [6.45, 7) is 3.03. The molecule has 1 unspecified atom stereocenters. The van der Waals surface area contributed by atoms with E-state index >= 15 is 0 Å². The Balaban J connectivity index is 1.33. The molecular weight excluding hydrogens is 386 g/mol. The lowest BCUT2D eigenvalue weighted by Gasteiger charge is -2.29. The van der Waals surface area contributed by atoms with Crippen molar-refractivity contribution in [2.24, 2.45) is 0 Å². The van der Waals surface area contributed by atoms with Crippen molar-refractivity contribution in [1.82, 2.24) is 14.9 Å². The lowest BCUT2D eigenvalue weighted by atomic mass is 9.89. The lowest BCUT2D eigenvalue weighted by molar-refractivity contribution is 0.0730. The number of ether oxygens (including phenoxy) is 1. The van der Waals surface area contributed by atoms with Crippen molar-refractivity contribution in [2.75, 3.05) is 31.1 Å². The number of nitrogens with zero attached hydrogens (tertiary/aromatic N) is 3. The van der Waals surface area contributed by atoms with Gasteiger partial charge in [-0.2, -0.15) is 9.97 Å². The average molecular weight is 416 g/mol. The zero-order chi connectivity index (χ0) is 21.3. The Morgan fingerprint density at radius 3 is 2.26 bits per heavy atom. The highest BCUT2D eigenvalue weighted by atomic mass is 16.5. The van der Waals surface area contributed by atoms with Gasteiger partial charge < -0.3 is 21.1 Å². The van der Waals surface area contributed by atoms with E-state index in [1.807, 2.05) is 0 Å². The Bertz CT molecular complexity index is 1000. The van der Waals surface area contributed by atoms with E-state index in [0.717, 1.165) is 50.9 Å². The maximum absolute atomic E-state index is 6.36. The van der Waals surface area contributed by atoms with E-state index in [0.29, 0.717) is 17.6 Å². The Kier molecular flexibility index (Phi) is 5.24. The Morgan fingerprint density at radius 2 is 1.58 bits per heavy atom. The number of hydrogen-bond donors (Lipinski definition) is 2. The van der Waals surface area contributed by atoms with Crippen molar-refractivity contribution in [3.8, 4) is 5.88 Å². The first-order valence-electron chi connectivity index (χ1n) is 11.0. The van der Waals surface area contributed by atoms with Crippen molar-refractivity contribution in [3.63, 3.8) is 0 Å². The third kappa shape index (κ3) is 4.08. The monoisotopic (exact) mass is 415 g/mol. The molecule has 0 bridgehead atoms. The van der Waals surface area contributed by atoms with E-state index in [2.05, 4.69) is 75.5 Å². The van der Waals surface area contributed by atoms with Crippen LogP contribution in [0.1, 0.15) is 41.9 Å². The number of hydrogen-bond acceptors (Lipinski definition) is 6. The van der Waals surface area contributed by atoms with Crippen LogP contribution in [-0.2, 0) is 6.42 Å². The number of nitrogens with two attached hydrogens (primary N) is 2. The molecule has 1 saturated heterocycles. The summed E-state index contributed by atoms with van der Waals surface area (Å²) >= 11 is 0. The molecule has 5 rings (SSSR count). The number of benzene rings is 2. The molecule has 0 aliphatic carbocycles. The van der Waals surface area contributed by atoms with Crippen molar-refractivity contribution < 1.29 is 4.74 Å². The zero-order valence-corrected chi connectivity index (χ0v) is 17.7. The fourth-order valence-corrected chi connectivity index (χ4v) is 5.03. The SMILES string of the molecule is Nc1nc(N)c2c(n1)OC1(CCCN(CC(c3ccccc3)c3ccccc3)CC1)C2. The first-order chi connectivity index (χ1) is 15.1. The normalized spacial score (nSPS) is 21.1. The smallest absolute Gasteiger partial charge is 0.225 e. The third-order valence-corrected chi connectivity index (χ3v) is 6.67. The standard InChI is InChI=1S/C25H29N5O/c26-22-20-16-25(31-23(20)29-24(27)28-22)12-7-14-30(15-13-25)17-21(18-8-3-1-4-9-18)19-10-5-2-6-11-19/h1-6,8-11,21H,7,12-17H2,(H4,26,27,28,29). The van der Waals surface area contributed by atoms with Crippen LogP contribution in [0.15, 0.2) is 60.7 Å². The molecule has 6 nitrogen and oxygen atoms in total. The predicted molar refractivity (Wildman–Crippen MR) is 123 cm³/mol.